The summed E-state index contributed by atoms with van der Waals surface area (Å²) in [5.74, 6) is -0.598. The van der Waals surface area contributed by atoms with Gasteiger partial charge in [-0.15, -0.1) is 0 Å². The fourth-order valence-corrected chi connectivity index (χ4v) is 1.60. The van der Waals surface area contributed by atoms with Gasteiger partial charge in [0.2, 0.25) is 0 Å². The molecule has 19 heavy (non-hydrogen) atoms. The second-order valence-corrected chi connectivity index (χ2v) is 3.65. The summed E-state index contributed by atoms with van der Waals surface area (Å²) in [6, 6.07) is 4.11. The van der Waals surface area contributed by atoms with Gasteiger partial charge in [0.05, 0.1) is 36.2 Å². The summed E-state index contributed by atoms with van der Waals surface area (Å²) in [6.45, 7) is 1.37. The maximum atomic E-state index is 11.4. The molecule has 0 bridgehead atoms. The molecule has 0 aromatic heterocycles. The molecule has 1 aromatic carbocycles. The Labute approximate surface area is 109 Å². The van der Waals surface area contributed by atoms with Gasteiger partial charge in [-0.3, -0.25) is 14.9 Å². The number of ether oxygens (including phenoxy) is 1. The first kappa shape index (κ1) is 14.6. The molecule has 0 fully saturated rings. The number of hydrogen-bond acceptors (Lipinski definition) is 6. The van der Waals surface area contributed by atoms with Crippen LogP contribution in [0.3, 0.4) is 0 Å². The van der Waals surface area contributed by atoms with Crippen LogP contribution in [0.15, 0.2) is 12.1 Å². The zero-order chi connectivity index (χ0) is 14.4. The van der Waals surface area contributed by atoms with E-state index in [2.05, 4.69) is 0 Å². The van der Waals surface area contributed by atoms with Gasteiger partial charge in [0.15, 0.2) is 0 Å². The SMILES string of the molecule is CCOC(=O)Cc1cc(CO)c(C#N)cc1[N+](=O)[O-]. The highest BCUT2D eigenvalue weighted by atomic mass is 16.6. The van der Waals surface area contributed by atoms with Crippen LogP contribution in [0.2, 0.25) is 0 Å². The summed E-state index contributed by atoms with van der Waals surface area (Å²) < 4.78 is 4.72. The van der Waals surface area contributed by atoms with Gasteiger partial charge in [-0.05, 0) is 18.6 Å². The van der Waals surface area contributed by atoms with E-state index < -0.39 is 17.5 Å². The first-order valence-corrected chi connectivity index (χ1v) is 5.50. The zero-order valence-electron chi connectivity index (χ0n) is 10.3. The van der Waals surface area contributed by atoms with Gasteiger partial charge in [0, 0.05) is 11.6 Å². The maximum absolute atomic E-state index is 11.4. The molecule has 0 amide bonds. The van der Waals surface area contributed by atoms with Crippen LogP contribution in [0.4, 0.5) is 5.69 Å². The minimum absolute atomic E-state index is 0.0156. The van der Waals surface area contributed by atoms with Crippen molar-refractivity contribution >= 4 is 11.7 Å². The highest BCUT2D eigenvalue weighted by Gasteiger charge is 2.20. The third-order valence-electron chi connectivity index (χ3n) is 2.43. The van der Waals surface area contributed by atoms with E-state index in [9.17, 15) is 14.9 Å². The number of hydrogen-bond donors (Lipinski definition) is 1. The Balaban J connectivity index is 3.24. The van der Waals surface area contributed by atoms with Crippen molar-refractivity contribution < 1.29 is 19.6 Å². The minimum Gasteiger partial charge on any atom is -0.466 e. The number of nitriles is 1. The second-order valence-electron chi connectivity index (χ2n) is 3.65. The number of rotatable bonds is 5. The number of esters is 1. The average molecular weight is 264 g/mol. The molecule has 0 aliphatic heterocycles. The number of carbonyl (C=O) groups excluding carboxylic acids is 1. The van der Waals surface area contributed by atoms with Crippen LogP contribution in [0.5, 0.6) is 0 Å². The predicted molar refractivity (Wildman–Crippen MR) is 64.1 cm³/mol. The van der Waals surface area contributed by atoms with Crippen molar-refractivity contribution in [2.45, 2.75) is 20.0 Å². The molecule has 1 N–H and O–H groups in total. The quantitative estimate of drug-likeness (QED) is 0.483. The number of carbonyl (C=O) groups is 1. The summed E-state index contributed by atoms with van der Waals surface area (Å²) in [5, 5.41) is 28.9. The number of aliphatic hydroxyl groups is 1. The predicted octanol–water partition coefficient (Wildman–Crippen LogP) is 1.06. The maximum Gasteiger partial charge on any atom is 0.310 e. The van der Waals surface area contributed by atoms with Crippen LogP contribution in [0.1, 0.15) is 23.6 Å². The minimum atomic E-state index is -0.670. The summed E-state index contributed by atoms with van der Waals surface area (Å²) in [7, 11) is 0. The van der Waals surface area contributed by atoms with Gasteiger partial charge < -0.3 is 9.84 Å². The molecular weight excluding hydrogens is 252 g/mol. The molecule has 0 aliphatic rings. The Bertz CT molecular complexity index is 548. The second kappa shape index (κ2) is 6.47. The lowest BCUT2D eigenvalue weighted by molar-refractivity contribution is -0.385. The summed E-state index contributed by atoms with van der Waals surface area (Å²) in [6.07, 6.45) is -0.275. The first-order valence-electron chi connectivity index (χ1n) is 5.50. The van der Waals surface area contributed by atoms with Crippen molar-refractivity contribution in [3.8, 4) is 6.07 Å². The van der Waals surface area contributed by atoms with Crippen LogP contribution >= 0.6 is 0 Å². The number of benzene rings is 1. The number of nitro groups is 1. The molecule has 0 unspecified atom stereocenters. The molecule has 0 saturated heterocycles. The summed E-state index contributed by atoms with van der Waals surface area (Å²) in [5.41, 5.74) is 0.0440. The third-order valence-corrected chi connectivity index (χ3v) is 2.43. The number of aliphatic hydroxyl groups excluding tert-OH is 1. The lowest BCUT2D eigenvalue weighted by Gasteiger charge is -2.07. The normalized spacial score (nSPS) is 9.74. The summed E-state index contributed by atoms with van der Waals surface area (Å²) >= 11 is 0. The van der Waals surface area contributed by atoms with Crippen LogP contribution < -0.4 is 0 Å². The molecule has 7 heteroatoms. The van der Waals surface area contributed by atoms with E-state index in [1.54, 1.807) is 13.0 Å². The monoisotopic (exact) mass is 264 g/mol. The molecule has 0 saturated carbocycles. The van der Waals surface area contributed by atoms with Crippen molar-refractivity contribution in [1.82, 2.24) is 0 Å². The van der Waals surface area contributed by atoms with Crippen molar-refractivity contribution in [3.63, 3.8) is 0 Å². The molecular formula is C12H12N2O5. The molecule has 0 spiro atoms. The van der Waals surface area contributed by atoms with Crippen molar-refractivity contribution in [3.05, 3.63) is 38.9 Å². The van der Waals surface area contributed by atoms with Gasteiger partial charge in [0.1, 0.15) is 0 Å². The van der Waals surface area contributed by atoms with Gasteiger partial charge in [-0.1, -0.05) is 0 Å². The zero-order valence-corrected chi connectivity index (χ0v) is 10.3. The van der Waals surface area contributed by atoms with Gasteiger partial charge in [-0.25, -0.2) is 0 Å². The lowest BCUT2D eigenvalue weighted by atomic mass is 10.0. The van der Waals surface area contributed by atoms with E-state index in [1.807, 2.05) is 0 Å². The van der Waals surface area contributed by atoms with Crippen molar-refractivity contribution in [1.29, 1.82) is 5.26 Å². The first-order chi connectivity index (χ1) is 9.03. The fraction of sp³-hybridized carbons (Fsp3) is 0.333. The Hall–Kier alpha value is -2.46. The van der Waals surface area contributed by atoms with E-state index in [1.165, 1.54) is 6.07 Å². The van der Waals surface area contributed by atoms with Gasteiger partial charge >= 0.3 is 5.97 Å². The number of nitro benzene ring substituents is 1. The smallest absolute Gasteiger partial charge is 0.310 e. The van der Waals surface area contributed by atoms with Crippen LogP contribution in [0, 0.1) is 21.4 Å². The topological polar surface area (TPSA) is 113 Å². The Kier molecular flexibility index (Phi) is 4.97. The van der Waals surface area contributed by atoms with Crippen LogP contribution in [0.25, 0.3) is 0 Å². The fourth-order valence-electron chi connectivity index (χ4n) is 1.60. The molecule has 0 atom stereocenters. The highest BCUT2D eigenvalue weighted by molar-refractivity contribution is 5.74. The highest BCUT2D eigenvalue weighted by Crippen LogP contribution is 2.24. The Morgan fingerprint density at radius 3 is 2.68 bits per heavy atom. The molecule has 0 heterocycles. The van der Waals surface area contributed by atoms with Crippen LogP contribution in [-0.2, 0) is 22.6 Å². The standard InChI is InChI=1S/C12H12N2O5/c1-2-19-12(16)5-8-3-10(7-15)9(6-13)4-11(8)14(17)18/h3-4,15H,2,5,7H2,1H3. The molecule has 1 aromatic rings. The molecule has 100 valence electrons. The van der Waals surface area contributed by atoms with E-state index in [0.29, 0.717) is 0 Å². The van der Waals surface area contributed by atoms with Crippen molar-refractivity contribution in [2.75, 3.05) is 6.61 Å². The number of nitrogens with zero attached hydrogens (tertiary/aromatic N) is 2. The summed E-state index contributed by atoms with van der Waals surface area (Å²) in [4.78, 5) is 21.6. The van der Waals surface area contributed by atoms with E-state index in [0.717, 1.165) is 6.07 Å². The van der Waals surface area contributed by atoms with E-state index >= 15 is 0 Å². The lowest BCUT2D eigenvalue weighted by Crippen LogP contribution is -2.10. The average Bonchev–Trinajstić information content (AvgIpc) is 2.38. The third kappa shape index (κ3) is 3.50. The van der Waals surface area contributed by atoms with Gasteiger partial charge in [-0.2, -0.15) is 5.26 Å². The molecule has 7 nitrogen and oxygen atoms in total. The van der Waals surface area contributed by atoms with Gasteiger partial charge in [0.25, 0.3) is 5.69 Å². The molecule has 0 aliphatic carbocycles. The molecule has 0 radical (unpaired) electrons. The largest absolute Gasteiger partial charge is 0.466 e. The van der Waals surface area contributed by atoms with E-state index in [-0.39, 0.29) is 35.4 Å². The Morgan fingerprint density at radius 2 is 2.21 bits per heavy atom. The molecule has 1 rings (SSSR count). The van der Waals surface area contributed by atoms with E-state index in [4.69, 9.17) is 15.1 Å². The van der Waals surface area contributed by atoms with Crippen molar-refractivity contribution in [2.24, 2.45) is 0 Å². The Morgan fingerprint density at radius 1 is 1.53 bits per heavy atom. The van der Waals surface area contributed by atoms with Crippen LogP contribution in [-0.4, -0.2) is 22.6 Å².